The van der Waals surface area contributed by atoms with Crippen molar-refractivity contribution in [2.24, 2.45) is 5.41 Å². The summed E-state index contributed by atoms with van der Waals surface area (Å²) in [6, 6.07) is -0.929. The van der Waals surface area contributed by atoms with Gasteiger partial charge in [-0.25, -0.2) is 9.78 Å². The molecule has 2 N–H and O–H groups in total. The topological polar surface area (TPSA) is 79.3 Å². The van der Waals surface area contributed by atoms with E-state index in [0.717, 1.165) is 0 Å². The Hall–Kier alpha value is -1.43. The third-order valence-corrected chi connectivity index (χ3v) is 2.64. The van der Waals surface area contributed by atoms with Crippen molar-refractivity contribution in [1.29, 1.82) is 0 Å². The fourth-order valence-corrected chi connectivity index (χ4v) is 1.71. The van der Waals surface area contributed by atoms with Gasteiger partial charge in [0, 0.05) is 5.38 Å². The van der Waals surface area contributed by atoms with Crippen molar-refractivity contribution < 1.29 is 14.7 Å². The van der Waals surface area contributed by atoms with Crippen LogP contribution in [0, 0.1) is 5.41 Å². The first-order chi connectivity index (χ1) is 7.32. The van der Waals surface area contributed by atoms with Crippen LogP contribution in [0.4, 0.5) is 0 Å². The molecule has 0 bridgehead atoms. The van der Waals surface area contributed by atoms with E-state index in [-0.39, 0.29) is 5.69 Å². The molecule has 6 heteroatoms. The van der Waals surface area contributed by atoms with E-state index < -0.39 is 23.3 Å². The first-order valence-electron chi connectivity index (χ1n) is 4.74. The minimum atomic E-state index is -1.05. The lowest BCUT2D eigenvalue weighted by molar-refractivity contribution is -0.142. The Balaban J connectivity index is 2.78. The second kappa shape index (κ2) is 4.61. The van der Waals surface area contributed by atoms with Crippen LogP contribution < -0.4 is 5.32 Å². The number of thiazole rings is 1. The molecule has 88 valence electrons. The zero-order chi connectivity index (χ0) is 12.3. The van der Waals surface area contributed by atoms with Gasteiger partial charge in [-0.2, -0.15) is 0 Å². The van der Waals surface area contributed by atoms with Gasteiger partial charge in [-0.15, -0.1) is 11.3 Å². The molecule has 0 fully saturated rings. The Kier molecular flexibility index (Phi) is 3.64. The van der Waals surface area contributed by atoms with Crippen molar-refractivity contribution in [2.45, 2.75) is 26.8 Å². The van der Waals surface area contributed by atoms with Crippen molar-refractivity contribution in [2.75, 3.05) is 0 Å². The number of nitrogens with zero attached hydrogens (tertiary/aromatic N) is 1. The van der Waals surface area contributed by atoms with Crippen molar-refractivity contribution in [3.8, 4) is 0 Å². The number of amides is 1. The van der Waals surface area contributed by atoms with Gasteiger partial charge in [0.05, 0.1) is 5.51 Å². The molecule has 1 heterocycles. The minimum Gasteiger partial charge on any atom is -0.480 e. The van der Waals surface area contributed by atoms with Gasteiger partial charge < -0.3 is 10.4 Å². The van der Waals surface area contributed by atoms with Crippen LogP contribution in [-0.2, 0) is 4.79 Å². The Bertz CT molecular complexity index is 381. The Morgan fingerprint density at radius 3 is 2.50 bits per heavy atom. The Labute approximate surface area is 97.5 Å². The first kappa shape index (κ1) is 12.6. The molecule has 1 amide bonds. The van der Waals surface area contributed by atoms with Crippen LogP contribution in [0.5, 0.6) is 0 Å². The van der Waals surface area contributed by atoms with E-state index in [2.05, 4.69) is 10.3 Å². The fraction of sp³-hybridized carbons (Fsp3) is 0.500. The van der Waals surface area contributed by atoms with Gasteiger partial charge in [0.25, 0.3) is 5.91 Å². The third-order valence-electron chi connectivity index (χ3n) is 2.05. The molecule has 1 rings (SSSR count). The number of nitrogens with one attached hydrogen (secondary N) is 1. The number of hydrogen-bond acceptors (Lipinski definition) is 4. The zero-order valence-electron chi connectivity index (χ0n) is 9.35. The molecule has 1 atom stereocenters. The summed E-state index contributed by atoms with van der Waals surface area (Å²) >= 11 is 1.29. The Morgan fingerprint density at radius 1 is 1.50 bits per heavy atom. The predicted octanol–water partition coefficient (Wildman–Crippen LogP) is 1.37. The summed E-state index contributed by atoms with van der Waals surface area (Å²) in [5, 5.41) is 13.1. The molecule has 0 spiro atoms. The molecule has 0 aromatic carbocycles. The average molecular weight is 242 g/mol. The monoisotopic (exact) mass is 242 g/mol. The number of rotatable bonds is 3. The van der Waals surface area contributed by atoms with E-state index in [1.165, 1.54) is 16.8 Å². The second-order valence-corrected chi connectivity index (χ2v) is 5.20. The first-order valence-corrected chi connectivity index (χ1v) is 5.68. The summed E-state index contributed by atoms with van der Waals surface area (Å²) in [5.41, 5.74) is 1.24. The summed E-state index contributed by atoms with van der Waals surface area (Å²) in [6.07, 6.45) is 0. The largest absolute Gasteiger partial charge is 0.480 e. The van der Waals surface area contributed by atoms with Gasteiger partial charge in [0.2, 0.25) is 0 Å². The van der Waals surface area contributed by atoms with E-state index in [1.54, 1.807) is 26.2 Å². The number of carboxylic acid groups (broad SMARTS) is 1. The molecular weight excluding hydrogens is 228 g/mol. The summed E-state index contributed by atoms with van der Waals surface area (Å²) in [5.74, 6) is -1.50. The number of aromatic nitrogens is 1. The molecule has 1 aromatic rings. The molecular formula is C10H14N2O3S. The molecule has 0 unspecified atom stereocenters. The average Bonchev–Trinajstić information content (AvgIpc) is 2.63. The molecule has 0 aliphatic carbocycles. The van der Waals surface area contributed by atoms with Crippen LogP contribution in [0.3, 0.4) is 0 Å². The van der Waals surface area contributed by atoms with Crippen LogP contribution in [-0.4, -0.2) is 28.0 Å². The van der Waals surface area contributed by atoms with Crippen molar-refractivity contribution in [1.82, 2.24) is 10.3 Å². The molecule has 5 nitrogen and oxygen atoms in total. The van der Waals surface area contributed by atoms with Gasteiger partial charge in [0.15, 0.2) is 0 Å². The minimum absolute atomic E-state index is 0.250. The molecule has 16 heavy (non-hydrogen) atoms. The standard InChI is InChI=1S/C10H14N2O3S/c1-10(2,3)7(9(14)15)12-8(13)6-4-16-5-11-6/h4-5,7H,1-3H3,(H,12,13)(H,14,15)/t7-/m1/s1. The summed E-state index contributed by atoms with van der Waals surface area (Å²) < 4.78 is 0. The summed E-state index contributed by atoms with van der Waals surface area (Å²) in [6.45, 7) is 5.27. The van der Waals surface area contributed by atoms with Gasteiger partial charge >= 0.3 is 5.97 Å². The van der Waals surface area contributed by atoms with Gasteiger partial charge in [-0.1, -0.05) is 20.8 Å². The summed E-state index contributed by atoms with van der Waals surface area (Å²) in [7, 11) is 0. The number of aliphatic carboxylic acids is 1. The lowest BCUT2D eigenvalue weighted by Crippen LogP contribution is -2.49. The lowest BCUT2D eigenvalue weighted by Gasteiger charge is -2.27. The summed E-state index contributed by atoms with van der Waals surface area (Å²) in [4.78, 5) is 26.5. The second-order valence-electron chi connectivity index (χ2n) is 4.48. The highest BCUT2D eigenvalue weighted by Gasteiger charge is 2.33. The highest BCUT2D eigenvalue weighted by molar-refractivity contribution is 7.07. The van der Waals surface area contributed by atoms with E-state index in [1.807, 2.05) is 0 Å². The van der Waals surface area contributed by atoms with Crippen LogP contribution in [0.2, 0.25) is 0 Å². The maximum absolute atomic E-state index is 11.6. The predicted molar refractivity (Wildman–Crippen MR) is 60.5 cm³/mol. The number of carboxylic acids is 1. The third kappa shape index (κ3) is 3.03. The van der Waals surface area contributed by atoms with Gasteiger partial charge in [-0.05, 0) is 5.41 Å². The molecule has 0 aliphatic heterocycles. The van der Waals surface area contributed by atoms with Crippen molar-refractivity contribution in [3.05, 3.63) is 16.6 Å². The normalized spacial score (nSPS) is 13.2. The number of hydrogen-bond donors (Lipinski definition) is 2. The Morgan fingerprint density at radius 2 is 2.12 bits per heavy atom. The molecule has 0 radical (unpaired) electrons. The highest BCUT2D eigenvalue weighted by atomic mass is 32.1. The lowest BCUT2D eigenvalue weighted by atomic mass is 9.87. The van der Waals surface area contributed by atoms with E-state index in [9.17, 15) is 9.59 Å². The molecule has 1 aromatic heterocycles. The maximum atomic E-state index is 11.6. The molecule has 0 saturated heterocycles. The number of carbonyl (C=O) groups excluding carboxylic acids is 1. The van der Waals surface area contributed by atoms with Gasteiger partial charge in [-0.3, -0.25) is 4.79 Å². The van der Waals surface area contributed by atoms with Gasteiger partial charge in [0.1, 0.15) is 11.7 Å². The maximum Gasteiger partial charge on any atom is 0.326 e. The smallest absolute Gasteiger partial charge is 0.326 e. The van der Waals surface area contributed by atoms with E-state index >= 15 is 0 Å². The van der Waals surface area contributed by atoms with Crippen molar-refractivity contribution >= 4 is 23.2 Å². The van der Waals surface area contributed by atoms with Crippen LogP contribution in [0.1, 0.15) is 31.3 Å². The zero-order valence-corrected chi connectivity index (χ0v) is 10.2. The fourth-order valence-electron chi connectivity index (χ4n) is 1.18. The quantitative estimate of drug-likeness (QED) is 0.839. The van der Waals surface area contributed by atoms with Crippen LogP contribution in [0.15, 0.2) is 10.9 Å². The highest BCUT2D eigenvalue weighted by Crippen LogP contribution is 2.19. The van der Waals surface area contributed by atoms with Crippen LogP contribution >= 0.6 is 11.3 Å². The van der Waals surface area contributed by atoms with Crippen LogP contribution in [0.25, 0.3) is 0 Å². The SMILES string of the molecule is CC(C)(C)[C@H](NC(=O)c1cscn1)C(=O)O. The van der Waals surface area contributed by atoms with Crippen molar-refractivity contribution in [3.63, 3.8) is 0 Å². The van der Waals surface area contributed by atoms with E-state index in [0.29, 0.717) is 0 Å². The van der Waals surface area contributed by atoms with E-state index in [4.69, 9.17) is 5.11 Å². The molecule has 0 aliphatic rings. The number of carbonyl (C=O) groups is 2. The molecule has 0 saturated carbocycles.